The summed E-state index contributed by atoms with van der Waals surface area (Å²) in [5, 5.41) is 11.7. The van der Waals surface area contributed by atoms with Gasteiger partial charge in [0, 0.05) is 17.9 Å². The molecule has 112 valence electrons. The number of hydrogen-bond donors (Lipinski definition) is 2. The summed E-state index contributed by atoms with van der Waals surface area (Å²) in [5.41, 5.74) is 2.68. The van der Waals surface area contributed by atoms with Crippen molar-refractivity contribution >= 4 is 11.6 Å². The maximum atomic E-state index is 12.2. The molecule has 0 bridgehead atoms. The molecule has 0 spiro atoms. The molecule has 1 aliphatic heterocycles. The second-order valence-electron chi connectivity index (χ2n) is 5.03. The van der Waals surface area contributed by atoms with Gasteiger partial charge in [-0.05, 0) is 49.4 Å². The monoisotopic (exact) mass is 287 g/mol. The molecule has 0 saturated carbocycles. The third-order valence-electron chi connectivity index (χ3n) is 3.53. The van der Waals surface area contributed by atoms with Crippen LogP contribution in [-0.2, 0) is 16.0 Å². The van der Waals surface area contributed by atoms with E-state index in [0.717, 1.165) is 42.5 Å². The molecular weight excluding hydrogens is 266 g/mol. The van der Waals surface area contributed by atoms with Gasteiger partial charge in [0.1, 0.15) is 12.7 Å². The molecular formula is C17H21NO3. The van der Waals surface area contributed by atoms with E-state index in [-0.39, 0.29) is 18.6 Å². The Morgan fingerprint density at radius 3 is 3.00 bits per heavy atom. The van der Waals surface area contributed by atoms with Crippen molar-refractivity contribution in [2.75, 3.05) is 18.5 Å². The summed E-state index contributed by atoms with van der Waals surface area (Å²) >= 11 is 0. The van der Waals surface area contributed by atoms with Crippen molar-refractivity contribution in [1.29, 1.82) is 0 Å². The molecule has 4 heteroatoms. The molecule has 1 saturated heterocycles. The molecule has 1 atom stereocenters. The van der Waals surface area contributed by atoms with Gasteiger partial charge in [-0.2, -0.15) is 0 Å². The van der Waals surface area contributed by atoms with Gasteiger partial charge in [0.2, 0.25) is 0 Å². The van der Waals surface area contributed by atoms with E-state index in [1.165, 1.54) is 0 Å². The van der Waals surface area contributed by atoms with Crippen LogP contribution in [0.2, 0.25) is 0 Å². The van der Waals surface area contributed by atoms with Crippen LogP contribution in [0.25, 0.3) is 0 Å². The largest absolute Gasteiger partial charge is 0.384 e. The molecule has 0 aromatic heterocycles. The maximum absolute atomic E-state index is 12.2. The highest BCUT2D eigenvalue weighted by Crippen LogP contribution is 2.20. The third kappa shape index (κ3) is 4.32. The molecule has 2 N–H and O–H groups in total. The molecule has 1 aromatic carbocycles. The summed E-state index contributed by atoms with van der Waals surface area (Å²) in [6.45, 7) is 2.54. The fourth-order valence-electron chi connectivity index (χ4n) is 2.39. The van der Waals surface area contributed by atoms with Gasteiger partial charge >= 0.3 is 0 Å². The van der Waals surface area contributed by atoms with Gasteiger partial charge in [-0.1, -0.05) is 18.8 Å². The van der Waals surface area contributed by atoms with E-state index in [1.807, 2.05) is 25.1 Å². The number of aryl methyl sites for hydroxylation is 1. The summed E-state index contributed by atoms with van der Waals surface area (Å²) in [6, 6.07) is 5.65. The SMILES string of the molecule is CCc1cc(C#CCO)ccc1NC(=O)C1CCCCO1. The molecule has 4 nitrogen and oxygen atoms in total. The van der Waals surface area contributed by atoms with Crippen molar-refractivity contribution in [3.63, 3.8) is 0 Å². The molecule has 1 aromatic rings. The van der Waals surface area contributed by atoms with Crippen LogP contribution in [0.3, 0.4) is 0 Å². The predicted octanol–water partition coefficient (Wildman–Crippen LogP) is 2.10. The number of carbonyl (C=O) groups excluding carboxylic acids is 1. The average Bonchev–Trinajstić information content (AvgIpc) is 2.54. The normalized spacial score (nSPS) is 17.7. The molecule has 1 heterocycles. The first kappa shape index (κ1) is 15.6. The number of rotatable bonds is 3. The first-order valence-corrected chi connectivity index (χ1v) is 7.39. The van der Waals surface area contributed by atoms with Gasteiger partial charge in [-0.15, -0.1) is 0 Å². The summed E-state index contributed by atoms with van der Waals surface area (Å²) in [6.07, 6.45) is 3.32. The Morgan fingerprint density at radius 1 is 1.48 bits per heavy atom. The zero-order chi connectivity index (χ0) is 15.1. The quantitative estimate of drug-likeness (QED) is 0.837. The van der Waals surface area contributed by atoms with Crippen LogP contribution in [0.1, 0.15) is 37.3 Å². The summed E-state index contributed by atoms with van der Waals surface area (Å²) < 4.78 is 5.50. The lowest BCUT2D eigenvalue weighted by Crippen LogP contribution is -2.33. The topological polar surface area (TPSA) is 58.6 Å². The van der Waals surface area contributed by atoms with Crippen molar-refractivity contribution in [1.82, 2.24) is 0 Å². The van der Waals surface area contributed by atoms with Crippen LogP contribution >= 0.6 is 0 Å². The number of ether oxygens (including phenoxy) is 1. The Kier molecular flexibility index (Phi) is 5.79. The second-order valence-corrected chi connectivity index (χ2v) is 5.03. The number of aliphatic hydroxyl groups is 1. The first-order chi connectivity index (χ1) is 10.2. The number of amides is 1. The number of nitrogens with one attached hydrogen (secondary N) is 1. The first-order valence-electron chi connectivity index (χ1n) is 7.39. The smallest absolute Gasteiger partial charge is 0.253 e. The van der Waals surface area contributed by atoms with E-state index in [9.17, 15) is 4.79 Å². The molecule has 1 aliphatic rings. The number of hydrogen-bond acceptors (Lipinski definition) is 3. The lowest BCUT2D eigenvalue weighted by Gasteiger charge is -2.22. The maximum Gasteiger partial charge on any atom is 0.253 e. The van der Waals surface area contributed by atoms with Crippen LogP contribution in [0.15, 0.2) is 18.2 Å². The molecule has 0 radical (unpaired) electrons. The van der Waals surface area contributed by atoms with E-state index >= 15 is 0 Å². The zero-order valence-electron chi connectivity index (χ0n) is 12.3. The minimum atomic E-state index is -0.336. The standard InChI is InChI=1S/C17H21NO3/c1-2-14-12-13(6-5-10-19)8-9-15(14)18-17(20)16-7-3-4-11-21-16/h8-9,12,16,19H,2-4,7,10-11H2,1H3,(H,18,20). The van der Waals surface area contributed by atoms with Gasteiger partial charge in [0.25, 0.3) is 5.91 Å². The average molecular weight is 287 g/mol. The fraction of sp³-hybridized carbons (Fsp3) is 0.471. The van der Waals surface area contributed by atoms with E-state index < -0.39 is 0 Å². The lowest BCUT2D eigenvalue weighted by atomic mass is 10.0. The van der Waals surface area contributed by atoms with Crippen LogP contribution in [-0.4, -0.2) is 30.3 Å². The Morgan fingerprint density at radius 2 is 2.33 bits per heavy atom. The Hall–Kier alpha value is -1.83. The van der Waals surface area contributed by atoms with Crippen molar-refractivity contribution in [2.45, 2.75) is 38.7 Å². The highest BCUT2D eigenvalue weighted by atomic mass is 16.5. The Bertz CT molecular complexity index is 551. The minimum absolute atomic E-state index is 0.0707. The number of benzene rings is 1. The van der Waals surface area contributed by atoms with Gasteiger partial charge in [0.05, 0.1) is 0 Å². The summed E-state index contributed by atoms with van der Waals surface area (Å²) in [5.74, 6) is 5.43. The van der Waals surface area contributed by atoms with Crippen LogP contribution < -0.4 is 5.32 Å². The summed E-state index contributed by atoms with van der Waals surface area (Å²) in [7, 11) is 0. The molecule has 1 amide bonds. The van der Waals surface area contributed by atoms with Crippen LogP contribution in [0.5, 0.6) is 0 Å². The molecule has 1 unspecified atom stereocenters. The number of aliphatic hydroxyl groups excluding tert-OH is 1. The molecule has 2 rings (SSSR count). The number of carbonyl (C=O) groups is 1. The van der Waals surface area contributed by atoms with Gasteiger partial charge < -0.3 is 15.2 Å². The molecule has 0 aliphatic carbocycles. The van der Waals surface area contributed by atoms with Gasteiger partial charge in [0.15, 0.2) is 0 Å². The van der Waals surface area contributed by atoms with Crippen molar-refractivity contribution < 1.29 is 14.6 Å². The van der Waals surface area contributed by atoms with Crippen LogP contribution in [0, 0.1) is 11.8 Å². The zero-order valence-corrected chi connectivity index (χ0v) is 12.3. The van der Waals surface area contributed by atoms with Gasteiger partial charge in [-0.25, -0.2) is 0 Å². The third-order valence-corrected chi connectivity index (χ3v) is 3.53. The highest BCUT2D eigenvalue weighted by Gasteiger charge is 2.22. The van der Waals surface area contributed by atoms with Gasteiger partial charge in [-0.3, -0.25) is 4.79 Å². The number of anilines is 1. The van der Waals surface area contributed by atoms with Crippen molar-refractivity contribution in [3.8, 4) is 11.8 Å². The van der Waals surface area contributed by atoms with E-state index in [4.69, 9.17) is 9.84 Å². The Balaban J connectivity index is 2.09. The molecule has 1 fully saturated rings. The predicted molar refractivity (Wildman–Crippen MR) is 82.0 cm³/mol. The van der Waals surface area contributed by atoms with E-state index in [2.05, 4.69) is 17.2 Å². The fourth-order valence-corrected chi connectivity index (χ4v) is 2.39. The molecule has 21 heavy (non-hydrogen) atoms. The van der Waals surface area contributed by atoms with E-state index in [0.29, 0.717) is 6.61 Å². The Labute approximate surface area is 125 Å². The lowest BCUT2D eigenvalue weighted by molar-refractivity contribution is -0.129. The van der Waals surface area contributed by atoms with E-state index in [1.54, 1.807) is 0 Å². The van der Waals surface area contributed by atoms with Crippen LogP contribution in [0.4, 0.5) is 5.69 Å². The summed E-state index contributed by atoms with van der Waals surface area (Å²) in [4.78, 5) is 12.2. The minimum Gasteiger partial charge on any atom is -0.384 e. The van der Waals surface area contributed by atoms with Crippen molar-refractivity contribution in [2.24, 2.45) is 0 Å². The highest BCUT2D eigenvalue weighted by molar-refractivity contribution is 5.95. The van der Waals surface area contributed by atoms with Crippen molar-refractivity contribution in [3.05, 3.63) is 29.3 Å². The second kappa shape index (κ2) is 7.82.